The number of nitrogens with zero attached hydrogens (tertiary/aromatic N) is 3. The molecule has 2 aliphatic heterocycles. The first-order valence-electron chi connectivity index (χ1n) is 11.8. The van der Waals surface area contributed by atoms with Crippen molar-refractivity contribution in [2.75, 3.05) is 36.5 Å². The van der Waals surface area contributed by atoms with Gasteiger partial charge in [-0.15, -0.1) is 0 Å². The van der Waals surface area contributed by atoms with Crippen LogP contribution in [0.25, 0.3) is 5.69 Å². The van der Waals surface area contributed by atoms with Gasteiger partial charge in [-0.3, -0.25) is 4.79 Å². The lowest BCUT2D eigenvalue weighted by Gasteiger charge is -2.33. The summed E-state index contributed by atoms with van der Waals surface area (Å²) < 4.78 is 7.49. The van der Waals surface area contributed by atoms with Crippen LogP contribution >= 0.6 is 0 Å². The van der Waals surface area contributed by atoms with Crippen LogP contribution < -0.4 is 10.2 Å². The molecule has 1 fully saturated rings. The van der Waals surface area contributed by atoms with E-state index in [1.54, 1.807) is 0 Å². The number of allylic oxidation sites excluding steroid dienone is 2. The molecule has 1 aromatic heterocycles. The number of hydrogen-bond acceptors (Lipinski definition) is 5. The zero-order chi connectivity index (χ0) is 22.4. The quantitative estimate of drug-likeness (QED) is 0.646. The summed E-state index contributed by atoms with van der Waals surface area (Å²) in [6.07, 6.45) is 2.40. The highest BCUT2D eigenvalue weighted by Gasteiger charge is 2.38. The van der Waals surface area contributed by atoms with Crippen LogP contribution in [0, 0.1) is 6.92 Å². The molecule has 0 saturated carbocycles. The van der Waals surface area contributed by atoms with Crippen LogP contribution in [0.4, 0.5) is 11.5 Å². The second kappa shape index (κ2) is 8.19. The first-order valence-corrected chi connectivity index (χ1v) is 11.8. The van der Waals surface area contributed by atoms with E-state index in [1.807, 2.05) is 29.8 Å². The summed E-state index contributed by atoms with van der Waals surface area (Å²) in [5, 5.41) is 8.52. The van der Waals surface area contributed by atoms with Crippen molar-refractivity contribution in [3.63, 3.8) is 0 Å². The van der Waals surface area contributed by atoms with Crippen LogP contribution in [0.1, 0.15) is 42.0 Å². The maximum absolute atomic E-state index is 13.2. The predicted molar refractivity (Wildman–Crippen MR) is 129 cm³/mol. The van der Waals surface area contributed by atoms with Gasteiger partial charge in [-0.2, -0.15) is 5.10 Å². The zero-order valence-electron chi connectivity index (χ0n) is 18.9. The average Bonchev–Trinajstić information content (AvgIpc) is 3.20. The monoisotopic (exact) mass is 440 g/mol. The van der Waals surface area contributed by atoms with Gasteiger partial charge < -0.3 is 15.0 Å². The minimum atomic E-state index is -0.0970. The van der Waals surface area contributed by atoms with E-state index in [-0.39, 0.29) is 11.7 Å². The SMILES string of the molecule is Cc1nn(-c2ccccc2)c2c1C(c1ccc(N3CCOCC3)cc1)C1=C(CCCC1=O)N2. The van der Waals surface area contributed by atoms with Crippen LogP contribution in [0.5, 0.6) is 0 Å². The van der Waals surface area contributed by atoms with E-state index in [0.717, 1.165) is 78.7 Å². The molecule has 3 aliphatic rings. The molecule has 3 aromatic rings. The van der Waals surface area contributed by atoms with Crippen LogP contribution in [0.2, 0.25) is 0 Å². The van der Waals surface area contributed by atoms with Crippen molar-refractivity contribution >= 4 is 17.3 Å². The number of Topliss-reactive ketones (excluding diaryl/α,β-unsaturated/α-hetero) is 1. The Morgan fingerprint density at radius 3 is 2.48 bits per heavy atom. The molecular formula is C27H28N4O2. The number of ether oxygens (including phenoxy) is 1. The molecule has 168 valence electrons. The molecule has 33 heavy (non-hydrogen) atoms. The normalized spacial score (nSPS) is 20.3. The first kappa shape index (κ1) is 20.2. The average molecular weight is 441 g/mol. The Morgan fingerprint density at radius 2 is 1.73 bits per heavy atom. The number of carbonyl (C=O) groups is 1. The Bertz CT molecular complexity index is 1220. The lowest BCUT2D eigenvalue weighted by atomic mass is 9.76. The van der Waals surface area contributed by atoms with Gasteiger partial charge in [0.25, 0.3) is 0 Å². The van der Waals surface area contributed by atoms with E-state index >= 15 is 0 Å². The van der Waals surface area contributed by atoms with Gasteiger partial charge in [0.15, 0.2) is 5.78 Å². The van der Waals surface area contributed by atoms with Crippen molar-refractivity contribution in [1.82, 2.24) is 9.78 Å². The maximum atomic E-state index is 13.2. The maximum Gasteiger partial charge on any atom is 0.161 e. The highest BCUT2D eigenvalue weighted by molar-refractivity contribution is 6.01. The highest BCUT2D eigenvalue weighted by atomic mass is 16.5. The lowest BCUT2D eigenvalue weighted by molar-refractivity contribution is -0.116. The molecule has 3 heterocycles. The Morgan fingerprint density at radius 1 is 0.970 bits per heavy atom. The Kier molecular flexibility index (Phi) is 5.03. The van der Waals surface area contributed by atoms with E-state index in [9.17, 15) is 4.79 Å². The number of aryl methyl sites for hydroxylation is 1. The molecule has 0 bridgehead atoms. The van der Waals surface area contributed by atoms with E-state index in [1.165, 1.54) is 5.69 Å². The molecule has 6 rings (SSSR count). The van der Waals surface area contributed by atoms with Gasteiger partial charge in [-0.1, -0.05) is 30.3 Å². The molecule has 6 nitrogen and oxygen atoms in total. The fourth-order valence-corrected chi connectivity index (χ4v) is 5.41. The summed E-state index contributed by atoms with van der Waals surface area (Å²) in [7, 11) is 0. The molecule has 1 atom stereocenters. The molecule has 1 aliphatic carbocycles. The van der Waals surface area contributed by atoms with E-state index in [4.69, 9.17) is 9.84 Å². The van der Waals surface area contributed by atoms with Gasteiger partial charge >= 0.3 is 0 Å². The Hall–Kier alpha value is -3.38. The summed E-state index contributed by atoms with van der Waals surface area (Å²) in [5.74, 6) is 1.14. The minimum Gasteiger partial charge on any atom is -0.378 e. The standard InChI is InChI=1S/C27H28N4O2/c1-18-24-25(19-10-12-20(13-11-19)30-14-16-33-17-15-30)26-22(8-5-9-23(26)32)28-27(24)31(29-18)21-6-3-2-4-7-21/h2-4,6-7,10-13,25,28H,5,8-9,14-17H2,1H3. The van der Waals surface area contributed by atoms with Crippen LogP contribution in [-0.2, 0) is 9.53 Å². The summed E-state index contributed by atoms with van der Waals surface area (Å²) in [6.45, 7) is 5.40. The number of hydrogen-bond donors (Lipinski definition) is 1. The third-order valence-electron chi connectivity index (χ3n) is 7.01. The van der Waals surface area contributed by atoms with Crippen molar-refractivity contribution in [3.8, 4) is 5.69 Å². The molecule has 2 aromatic carbocycles. The van der Waals surface area contributed by atoms with E-state index < -0.39 is 0 Å². The van der Waals surface area contributed by atoms with Crippen LogP contribution in [-0.4, -0.2) is 41.9 Å². The number of nitrogens with one attached hydrogen (secondary N) is 1. The molecule has 1 saturated heterocycles. The summed E-state index contributed by atoms with van der Waals surface area (Å²) in [6, 6.07) is 19.0. The van der Waals surface area contributed by atoms with Gasteiger partial charge in [-0.05, 0) is 49.6 Å². The topological polar surface area (TPSA) is 59.4 Å². The minimum absolute atomic E-state index is 0.0970. The molecule has 0 radical (unpaired) electrons. The van der Waals surface area contributed by atoms with Crippen molar-refractivity contribution in [2.45, 2.75) is 32.1 Å². The smallest absolute Gasteiger partial charge is 0.161 e. The fraction of sp³-hybridized carbons (Fsp3) is 0.333. The first-order chi connectivity index (χ1) is 16.2. The third kappa shape index (κ3) is 3.45. The van der Waals surface area contributed by atoms with E-state index in [2.05, 4.69) is 46.6 Å². The molecule has 6 heteroatoms. The predicted octanol–water partition coefficient (Wildman–Crippen LogP) is 4.58. The van der Waals surface area contributed by atoms with Crippen LogP contribution in [0.3, 0.4) is 0 Å². The summed E-state index contributed by atoms with van der Waals surface area (Å²) in [5.41, 5.74) is 7.40. The summed E-state index contributed by atoms with van der Waals surface area (Å²) >= 11 is 0. The number of ketones is 1. The number of aromatic nitrogens is 2. The second-order valence-corrected chi connectivity index (χ2v) is 9.01. The third-order valence-corrected chi connectivity index (χ3v) is 7.01. The molecule has 0 amide bonds. The number of morpholine rings is 1. The number of fused-ring (bicyclic) bond motifs is 1. The van der Waals surface area contributed by atoms with Gasteiger partial charge in [0.05, 0.1) is 24.6 Å². The highest BCUT2D eigenvalue weighted by Crippen LogP contribution is 2.47. The Balaban J connectivity index is 1.47. The van der Waals surface area contributed by atoms with Gasteiger partial charge in [0.1, 0.15) is 5.82 Å². The molecule has 1 unspecified atom stereocenters. The van der Waals surface area contributed by atoms with Gasteiger partial charge in [-0.25, -0.2) is 4.68 Å². The number of para-hydroxylation sites is 1. The second-order valence-electron chi connectivity index (χ2n) is 9.01. The van der Waals surface area contributed by atoms with Gasteiger partial charge in [0.2, 0.25) is 0 Å². The number of carbonyl (C=O) groups excluding carboxylic acids is 1. The molecular weight excluding hydrogens is 412 g/mol. The largest absolute Gasteiger partial charge is 0.378 e. The van der Waals surface area contributed by atoms with Crippen molar-refractivity contribution < 1.29 is 9.53 Å². The number of anilines is 2. The number of rotatable bonds is 3. The van der Waals surface area contributed by atoms with Crippen molar-refractivity contribution in [2.24, 2.45) is 0 Å². The van der Waals surface area contributed by atoms with E-state index in [0.29, 0.717) is 6.42 Å². The zero-order valence-corrected chi connectivity index (χ0v) is 18.9. The number of benzene rings is 2. The Labute approximate surface area is 193 Å². The molecule has 1 N–H and O–H groups in total. The lowest BCUT2D eigenvalue weighted by Crippen LogP contribution is -2.36. The van der Waals surface area contributed by atoms with Gasteiger partial charge in [0, 0.05) is 47.9 Å². The van der Waals surface area contributed by atoms with Crippen molar-refractivity contribution in [1.29, 1.82) is 0 Å². The van der Waals surface area contributed by atoms with Crippen LogP contribution in [0.15, 0.2) is 65.9 Å². The summed E-state index contributed by atoms with van der Waals surface area (Å²) in [4.78, 5) is 15.5. The fourth-order valence-electron chi connectivity index (χ4n) is 5.41. The molecule has 0 spiro atoms. The van der Waals surface area contributed by atoms with Crippen molar-refractivity contribution in [3.05, 3.63) is 82.7 Å².